The Morgan fingerprint density at radius 3 is 2.56 bits per heavy atom. The third-order valence-electron chi connectivity index (χ3n) is 4.54. The fourth-order valence-electron chi connectivity index (χ4n) is 3.22. The second-order valence-electron chi connectivity index (χ2n) is 6.20. The maximum absolute atomic E-state index is 13.3. The molecule has 3 aromatic carbocycles. The molecular formula is C19H16N2O4S2. The van der Waals surface area contributed by atoms with E-state index in [9.17, 15) is 18.5 Å². The standard InChI is InChI=1S/C19H16N2O4S2/c22-21(23)17-7-3-6-16(12-17)19-20(10-11-26-19)27(24,25)18-9-8-14-4-1-2-5-15(14)13-18/h1-9,12-13,19H,10-11H2/t19-/m1/s1. The van der Waals surface area contributed by atoms with Crippen molar-refractivity contribution in [1.29, 1.82) is 0 Å². The van der Waals surface area contributed by atoms with Gasteiger partial charge in [0, 0.05) is 24.4 Å². The molecule has 0 aromatic heterocycles. The summed E-state index contributed by atoms with van der Waals surface area (Å²) in [6, 6.07) is 18.9. The lowest BCUT2D eigenvalue weighted by Gasteiger charge is -2.23. The number of rotatable bonds is 4. The number of sulfonamides is 1. The first kappa shape index (κ1) is 18.0. The maximum atomic E-state index is 13.3. The molecule has 1 heterocycles. The van der Waals surface area contributed by atoms with Crippen LogP contribution in [0.4, 0.5) is 5.69 Å². The lowest BCUT2D eigenvalue weighted by Crippen LogP contribution is -2.30. The van der Waals surface area contributed by atoms with E-state index in [2.05, 4.69) is 0 Å². The van der Waals surface area contributed by atoms with Crippen molar-refractivity contribution >= 4 is 38.2 Å². The number of nitro groups is 1. The van der Waals surface area contributed by atoms with Crippen LogP contribution in [0.2, 0.25) is 0 Å². The number of hydrogen-bond acceptors (Lipinski definition) is 5. The average Bonchev–Trinajstić information content (AvgIpc) is 3.18. The molecule has 0 radical (unpaired) electrons. The van der Waals surface area contributed by atoms with E-state index >= 15 is 0 Å². The van der Waals surface area contributed by atoms with E-state index in [4.69, 9.17) is 0 Å². The van der Waals surface area contributed by atoms with Gasteiger partial charge in [0.05, 0.1) is 15.2 Å². The van der Waals surface area contributed by atoms with E-state index in [1.54, 1.807) is 30.3 Å². The van der Waals surface area contributed by atoms with Crippen LogP contribution in [0.25, 0.3) is 10.8 Å². The van der Waals surface area contributed by atoms with Crippen LogP contribution in [0, 0.1) is 10.1 Å². The number of non-ortho nitro benzene ring substituents is 1. The second-order valence-corrected chi connectivity index (χ2v) is 9.28. The van der Waals surface area contributed by atoms with E-state index in [0.29, 0.717) is 17.9 Å². The molecule has 3 aromatic rings. The summed E-state index contributed by atoms with van der Waals surface area (Å²) in [6.45, 7) is 0.368. The topological polar surface area (TPSA) is 80.5 Å². The van der Waals surface area contributed by atoms with Crippen LogP contribution >= 0.6 is 11.8 Å². The predicted octanol–water partition coefficient (Wildman–Crippen LogP) is 4.18. The molecule has 1 aliphatic heterocycles. The molecule has 8 heteroatoms. The summed E-state index contributed by atoms with van der Waals surface area (Å²) in [5.41, 5.74) is 0.583. The summed E-state index contributed by atoms with van der Waals surface area (Å²) >= 11 is 1.47. The van der Waals surface area contributed by atoms with E-state index < -0.39 is 20.3 Å². The fourth-order valence-corrected chi connectivity index (χ4v) is 6.48. The van der Waals surface area contributed by atoms with Gasteiger partial charge in [-0.25, -0.2) is 8.42 Å². The van der Waals surface area contributed by atoms with Gasteiger partial charge in [0.2, 0.25) is 10.0 Å². The summed E-state index contributed by atoms with van der Waals surface area (Å²) in [4.78, 5) is 10.8. The van der Waals surface area contributed by atoms with Crippen LogP contribution in [0.1, 0.15) is 10.9 Å². The summed E-state index contributed by atoms with van der Waals surface area (Å²) < 4.78 is 28.0. The molecule has 0 N–H and O–H groups in total. The van der Waals surface area contributed by atoms with Crippen molar-refractivity contribution in [2.24, 2.45) is 0 Å². The minimum Gasteiger partial charge on any atom is -0.258 e. The summed E-state index contributed by atoms with van der Waals surface area (Å²) in [7, 11) is -3.72. The quantitative estimate of drug-likeness (QED) is 0.485. The van der Waals surface area contributed by atoms with Crippen LogP contribution < -0.4 is 0 Å². The Hall–Kier alpha value is -2.42. The van der Waals surface area contributed by atoms with Crippen molar-refractivity contribution in [1.82, 2.24) is 4.31 Å². The van der Waals surface area contributed by atoms with E-state index in [1.165, 1.54) is 28.2 Å². The lowest BCUT2D eigenvalue weighted by atomic mass is 10.1. The SMILES string of the molecule is O=[N+]([O-])c1cccc([C@H]2SCCN2S(=O)(=O)c2ccc3ccccc3c2)c1. The van der Waals surface area contributed by atoms with E-state index in [1.807, 2.05) is 24.3 Å². The highest BCUT2D eigenvalue weighted by Crippen LogP contribution is 2.42. The smallest absolute Gasteiger partial charge is 0.258 e. The van der Waals surface area contributed by atoms with E-state index in [0.717, 1.165) is 10.8 Å². The summed E-state index contributed by atoms with van der Waals surface area (Å²) in [5, 5.41) is 12.4. The van der Waals surface area contributed by atoms with Gasteiger partial charge in [-0.3, -0.25) is 10.1 Å². The van der Waals surface area contributed by atoms with Crippen molar-refractivity contribution in [2.45, 2.75) is 10.3 Å². The molecule has 0 unspecified atom stereocenters. The third-order valence-corrected chi connectivity index (χ3v) is 7.80. The zero-order chi connectivity index (χ0) is 19.0. The molecule has 6 nitrogen and oxygen atoms in total. The van der Waals surface area contributed by atoms with Crippen molar-refractivity contribution < 1.29 is 13.3 Å². The molecule has 1 atom stereocenters. The molecule has 27 heavy (non-hydrogen) atoms. The number of hydrogen-bond donors (Lipinski definition) is 0. The molecule has 138 valence electrons. The van der Waals surface area contributed by atoms with Gasteiger partial charge in [0.25, 0.3) is 5.69 Å². The number of nitrogens with zero attached hydrogens (tertiary/aromatic N) is 2. The Morgan fingerprint density at radius 1 is 1.00 bits per heavy atom. The molecule has 0 spiro atoms. The lowest BCUT2D eigenvalue weighted by molar-refractivity contribution is -0.384. The molecule has 1 saturated heterocycles. The molecule has 0 saturated carbocycles. The molecule has 4 rings (SSSR count). The van der Waals surface area contributed by atoms with Crippen molar-refractivity contribution in [3.63, 3.8) is 0 Å². The third kappa shape index (κ3) is 3.31. The Labute approximate surface area is 161 Å². The highest BCUT2D eigenvalue weighted by molar-refractivity contribution is 8.01. The van der Waals surface area contributed by atoms with Crippen LogP contribution in [-0.4, -0.2) is 29.9 Å². The molecule has 0 aliphatic carbocycles. The highest BCUT2D eigenvalue weighted by atomic mass is 32.2. The van der Waals surface area contributed by atoms with Gasteiger partial charge < -0.3 is 0 Å². The molecular weight excluding hydrogens is 384 g/mol. The molecule has 0 bridgehead atoms. The van der Waals surface area contributed by atoms with Crippen LogP contribution in [0.15, 0.2) is 71.6 Å². The second kappa shape index (κ2) is 6.95. The van der Waals surface area contributed by atoms with Gasteiger partial charge in [-0.1, -0.05) is 42.5 Å². The number of fused-ring (bicyclic) bond motifs is 1. The van der Waals surface area contributed by atoms with Crippen LogP contribution in [0.3, 0.4) is 0 Å². The molecule has 1 aliphatic rings. The van der Waals surface area contributed by atoms with Gasteiger partial charge >= 0.3 is 0 Å². The Morgan fingerprint density at radius 2 is 1.78 bits per heavy atom. The Balaban J connectivity index is 1.73. The van der Waals surface area contributed by atoms with E-state index in [-0.39, 0.29) is 10.6 Å². The van der Waals surface area contributed by atoms with Gasteiger partial charge in [-0.2, -0.15) is 4.31 Å². The molecule has 0 amide bonds. The summed E-state index contributed by atoms with van der Waals surface area (Å²) in [5.74, 6) is 0.639. The van der Waals surface area contributed by atoms with Crippen molar-refractivity contribution in [2.75, 3.05) is 12.3 Å². The van der Waals surface area contributed by atoms with Gasteiger partial charge in [-0.05, 0) is 28.5 Å². The number of thioether (sulfide) groups is 1. The zero-order valence-corrected chi connectivity index (χ0v) is 15.8. The normalized spacial score (nSPS) is 18.0. The van der Waals surface area contributed by atoms with Crippen molar-refractivity contribution in [3.05, 3.63) is 82.4 Å². The van der Waals surface area contributed by atoms with Crippen LogP contribution in [-0.2, 0) is 10.0 Å². The number of nitro benzene ring substituents is 1. The fraction of sp³-hybridized carbons (Fsp3) is 0.158. The average molecular weight is 400 g/mol. The molecule has 1 fully saturated rings. The zero-order valence-electron chi connectivity index (χ0n) is 14.2. The minimum atomic E-state index is -3.72. The highest BCUT2D eigenvalue weighted by Gasteiger charge is 2.37. The Bertz CT molecular complexity index is 1130. The minimum absolute atomic E-state index is 0.0388. The first-order chi connectivity index (χ1) is 13.0. The monoisotopic (exact) mass is 400 g/mol. The van der Waals surface area contributed by atoms with Crippen molar-refractivity contribution in [3.8, 4) is 0 Å². The van der Waals surface area contributed by atoms with Gasteiger partial charge in [0.15, 0.2) is 0 Å². The van der Waals surface area contributed by atoms with Crippen LogP contribution in [0.5, 0.6) is 0 Å². The van der Waals surface area contributed by atoms with Gasteiger partial charge in [0.1, 0.15) is 0 Å². The van der Waals surface area contributed by atoms with Gasteiger partial charge in [-0.15, -0.1) is 11.8 Å². The maximum Gasteiger partial charge on any atom is 0.269 e. The largest absolute Gasteiger partial charge is 0.269 e. The predicted molar refractivity (Wildman–Crippen MR) is 106 cm³/mol. The number of benzene rings is 3. The first-order valence-corrected chi connectivity index (χ1v) is 10.8. The summed E-state index contributed by atoms with van der Waals surface area (Å²) in [6.07, 6.45) is 0. The first-order valence-electron chi connectivity index (χ1n) is 8.33. The Kier molecular flexibility index (Phi) is 4.63.